The number of fused-ring (bicyclic) bond motifs is 1. The number of anilines is 1. The molecule has 0 aromatic heterocycles. The Hall–Kier alpha value is -3.17. The van der Waals surface area contributed by atoms with Crippen molar-refractivity contribution < 1.29 is 29.2 Å². The zero-order chi connectivity index (χ0) is 19.4. The minimum atomic E-state index is -1.17. The van der Waals surface area contributed by atoms with Crippen molar-refractivity contribution in [3.05, 3.63) is 28.3 Å². The number of ether oxygens (including phenoxy) is 1. The third-order valence-corrected chi connectivity index (χ3v) is 3.74. The van der Waals surface area contributed by atoms with Crippen LogP contribution in [0.1, 0.15) is 20.3 Å². The van der Waals surface area contributed by atoms with Crippen LogP contribution in [-0.4, -0.2) is 47.0 Å². The molecule has 0 fully saturated rings. The van der Waals surface area contributed by atoms with Gasteiger partial charge >= 0.3 is 5.97 Å². The predicted molar refractivity (Wildman–Crippen MR) is 90.0 cm³/mol. The third-order valence-electron chi connectivity index (χ3n) is 3.74. The molecule has 10 heteroatoms. The number of benzene rings is 1. The Labute approximate surface area is 148 Å². The van der Waals surface area contributed by atoms with Crippen LogP contribution in [-0.2, 0) is 14.4 Å². The number of nitro benzene ring substituents is 1. The smallest absolute Gasteiger partial charge is 0.326 e. The van der Waals surface area contributed by atoms with Gasteiger partial charge in [-0.05, 0) is 18.4 Å². The fraction of sp³-hybridized carbons (Fsp3) is 0.438. The molecule has 0 bridgehead atoms. The summed E-state index contributed by atoms with van der Waals surface area (Å²) in [5.74, 6) is -2.12. The van der Waals surface area contributed by atoms with E-state index < -0.39 is 35.3 Å². The average molecular weight is 365 g/mol. The van der Waals surface area contributed by atoms with Crippen LogP contribution in [0.5, 0.6) is 5.75 Å². The van der Waals surface area contributed by atoms with E-state index in [0.717, 1.165) is 11.0 Å². The van der Waals surface area contributed by atoms with Crippen molar-refractivity contribution in [1.82, 2.24) is 5.32 Å². The van der Waals surface area contributed by atoms with E-state index in [-0.39, 0.29) is 36.1 Å². The molecular weight excluding hydrogens is 346 g/mol. The number of carbonyl (C=O) groups excluding carboxylic acids is 2. The molecule has 2 N–H and O–H groups in total. The summed E-state index contributed by atoms with van der Waals surface area (Å²) >= 11 is 0. The third kappa shape index (κ3) is 4.47. The van der Waals surface area contributed by atoms with Gasteiger partial charge in [-0.25, -0.2) is 4.79 Å². The van der Waals surface area contributed by atoms with E-state index in [1.807, 2.05) is 13.8 Å². The van der Waals surface area contributed by atoms with Crippen LogP contribution in [0.3, 0.4) is 0 Å². The largest absolute Gasteiger partial charge is 0.482 e. The summed E-state index contributed by atoms with van der Waals surface area (Å²) in [6, 6.07) is 2.64. The lowest BCUT2D eigenvalue weighted by atomic mass is 10.0. The topological polar surface area (TPSA) is 139 Å². The zero-order valence-corrected chi connectivity index (χ0v) is 14.3. The van der Waals surface area contributed by atoms with Crippen LogP contribution in [0.4, 0.5) is 11.4 Å². The summed E-state index contributed by atoms with van der Waals surface area (Å²) in [7, 11) is 0. The Morgan fingerprint density at radius 3 is 2.69 bits per heavy atom. The molecule has 0 radical (unpaired) electrons. The summed E-state index contributed by atoms with van der Waals surface area (Å²) in [6.45, 7) is 2.87. The molecule has 1 atom stereocenters. The van der Waals surface area contributed by atoms with Crippen LogP contribution in [0.25, 0.3) is 0 Å². The van der Waals surface area contributed by atoms with Gasteiger partial charge in [-0.1, -0.05) is 13.8 Å². The Morgan fingerprint density at radius 2 is 2.12 bits per heavy atom. The molecule has 26 heavy (non-hydrogen) atoms. The molecule has 2 rings (SSSR count). The standard InChI is InChI=1S/C16H19N3O7/c1-9(2)5-11(16(22)23)17-14(20)7-18-12-6-10(19(24)25)3-4-13(12)26-8-15(18)21/h3-4,6,9,11H,5,7-8H2,1-2H3,(H,17,20)(H,22,23). The maximum atomic E-state index is 12.2. The van der Waals surface area contributed by atoms with Crippen molar-refractivity contribution in [2.45, 2.75) is 26.3 Å². The number of carboxylic acid groups (broad SMARTS) is 1. The van der Waals surface area contributed by atoms with Gasteiger partial charge in [0.25, 0.3) is 11.6 Å². The van der Waals surface area contributed by atoms with Gasteiger partial charge in [0.15, 0.2) is 6.61 Å². The Morgan fingerprint density at radius 1 is 1.42 bits per heavy atom. The summed E-state index contributed by atoms with van der Waals surface area (Å²) < 4.78 is 5.21. The van der Waals surface area contributed by atoms with E-state index in [1.54, 1.807) is 0 Å². The van der Waals surface area contributed by atoms with E-state index in [1.165, 1.54) is 12.1 Å². The van der Waals surface area contributed by atoms with E-state index in [0.29, 0.717) is 0 Å². The number of aliphatic carboxylic acids is 1. The first-order valence-corrected chi connectivity index (χ1v) is 7.92. The predicted octanol–water partition coefficient (Wildman–Crippen LogP) is 0.936. The number of hydrogen-bond donors (Lipinski definition) is 2. The number of carboxylic acids is 1. The van der Waals surface area contributed by atoms with Gasteiger partial charge in [-0.3, -0.25) is 24.6 Å². The molecule has 1 unspecified atom stereocenters. The van der Waals surface area contributed by atoms with Crippen molar-refractivity contribution in [2.75, 3.05) is 18.1 Å². The number of carbonyl (C=O) groups is 3. The molecule has 2 amide bonds. The highest BCUT2D eigenvalue weighted by atomic mass is 16.6. The minimum absolute atomic E-state index is 0.0461. The summed E-state index contributed by atoms with van der Waals surface area (Å²) in [6.07, 6.45) is 0.236. The second-order valence-corrected chi connectivity index (χ2v) is 6.27. The molecular formula is C16H19N3O7. The highest BCUT2D eigenvalue weighted by Gasteiger charge is 2.30. The number of non-ortho nitro benzene ring substituents is 1. The molecule has 1 aromatic carbocycles. The maximum Gasteiger partial charge on any atom is 0.326 e. The highest BCUT2D eigenvalue weighted by Crippen LogP contribution is 2.35. The van der Waals surface area contributed by atoms with Gasteiger partial charge in [0, 0.05) is 12.1 Å². The fourth-order valence-corrected chi connectivity index (χ4v) is 2.55. The van der Waals surface area contributed by atoms with Crippen LogP contribution in [0.15, 0.2) is 18.2 Å². The lowest BCUT2D eigenvalue weighted by Crippen LogP contribution is -2.49. The van der Waals surface area contributed by atoms with Crippen LogP contribution in [0, 0.1) is 16.0 Å². The lowest BCUT2D eigenvalue weighted by molar-refractivity contribution is -0.384. The second kappa shape index (κ2) is 7.81. The van der Waals surface area contributed by atoms with Gasteiger partial charge < -0.3 is 15.2 Å². The minimum Gasteiger partial charge on any atom is -0.482 e. The first kappa shape index (κ1) is 19.2. The van der Waals surface area contributed by atoms with Gasteiger partial charge in [0.1, 0.15) is 18.3 Å². The number of nitrogens with zero attached hydrogens (tertiary/aromatic N) is 2. The first-order valence-electron chi connectivity index (χ1n) is 7.92. The molecule has 0 saturated carbocycles. The lowest BCUT2D eigenvalue weighted by Gasteiger charge is -2.29. The van der Waals surface area contributed by atoms with Gasteiger partial charge in [-0.15, -0.1) is 0 Å². The Balaban J connectivity index is 2.19. The van der Waals surface area contributed by atoms with Crippen LogP contribution >= 0.6 is 0 Å². The fourth-order valence-electron chi connectivity index (χ4n) is 2.55. The summed E-state index contributed by atoms with van der Waals surface area (Å²) in [5.41, 5.74) is -0.156. The first-order chi connectivity index (χ1) is 12.2. The van der Waals surface area contributed by atoms with Crippen molar-refractivity contribution in [2.24, 2.45) is 5.92 Å². The molecule has 0 spiro atoms. The Kier molecular flexibility index (Phi) is 5.75. The Bertz CT molecular complexity index is 747. The van der Waals surface area contributed by atoms with E-state index >= 15 is 0 Å². The maximum absolute atomic E-state index is 12.2. The van der Waals surface area contributed by atoms with Crippen LogP contribution < -0.4 is 15.0 Å². The molecule has 1 aromatic rings. The van der Waals surface area contributed by atoms with Gasteiger partial charge in [0.2, 0.25) is 5.91 Å². The van der Waals surface area contributed by atoms with Gasteiger partial charge in [0.05, 0.1) is 10.6 Å². The second-order valence-electron chi connectivity index (χ2n) is 6.27. The van der Waals surface area contributed by atoms with Crippen molar-refractivity contribution in [1.29, 1.82) is 0 Å². The quantitative estimate of drug-likeness (QED) is 0.541. The number of amides is 2. The van der Waals surface area contributed by atoms with E-state index in [9.17, 15) is 29.6 Å². The van der Waals surface area contributed by atoms with Gasteiger partial charge in [-0.2, -0.15) is 0 Å². The monoisotopic (exact) mass is 365 g/mol. The van der Waals surface area contributed by atoms with Crippen molar-refractivity contribution >= 4 is 29.2 Å². The van der Waals surface area contributed by atoms with E-state index in [4.69, 9.17) is 4.74 Å². The zero-order valence-electron chi connectivity index (χ0n) is 14.3. The number of nitro groups is 1. The number of nitrogens with one attached hydrogen (secondary N) is 1. The number of hydrogen-bond acceptors (Lipinski definition) is 6. The van der Waals surface area contributed by atoms with Crippen molar-refractivity contribution in [3.8, 4) is 5.75 Å². The van der Waals surface area contributed by atoms with Crippen LogP contribution in [0.2, 0.25) is 0 Å². The average Bonchev–Trinajstić information content (AvgIpc) is 2.55. The molecule has 140 valence electrons. The van der Waals surface area contributed by atoms with Crippen molar-refractivity contribution in [3.63, 3.8) is 0 Å². The molecule has 1 aliphatic heterocycles. The molecule has 0 saturated heterocycles. The SMILES string of the molecule is CC(C)CC(NC(=O)CN1C(=O)COc2ccc([N+](=O)[O-])cc21)C(=O)O. The summed E-state index contributed by atoms with van der Waals surface area (Å²) in [4.78, 5) is 47.0. The molecule has 1 heterocycles. The van der Waals surface area contributed by atoms with E-state index in [2.05, 4.69) is 5.32 Å². The molecule has 10 nitrogen and oxygen atoms in total. The highest BCUT2D eigenvalue weighted by molar-refractivity contribution is 6.02. The summed E-state index contributed by atoms with van der Waals surface area (Å²) in [5, 5.41) is 22.5. The molecule has 1 aliphatic rings. The molecule has 0 aliphatic carbocycles. The normalized spacial score (nSPS) is 14.4. The number of rotatable bonds is 7.